The van der Waals surface area contributed by atoms with Crippen LogP contribution in [0.3, 0.4) is 0 Å². The van der Waals surface area contributed by atoms with E-state index in [2.05, 4.69) is 10.3 Å². The van der Waals surface area contributed by atoms with Crippen molar-refractivity contribution in [2.45, 2.75) is 13.3 Å². The van der Waals surface area contributed by atoms with Gasteiger partial charge in [0.2, 0.25) is 0 Å². The fourth-order valence-electron chi connectivity index (χ4n) is 2.34. The van der Waals surface area contributed by atoms with Crippen molar-refractivity contribution in [2.75, 3.05) is 13.2 Å². The molecular formula is C20H19FN2O2S. The maximum absolute atomic E-state index is 13.3. The molecule has 0 unspecified atom stereocenters. The van der Waals surface area contributed by atoms with Crippen LogP contribution in [0.1, 0.15) is 11.3 Å². The van der Waals surface area contributed by atoms with Crippen LogP contribution in [0.25, 0.3) is 10.6 Å². The Hall–Kier alpha value is -2.73. The van der Waals surface area contributed by atoms with E-state index in [-0.39, 0.29) is 18.3 Å². The van der Waals surface area contributed by atoms with Gasteiger partial charge in [-0.15, -0.1) is 11.3 Å². The molecule has 0 saturated carbocycles. The van der Waals surface area contributed by atoms with Gasteiger partial charge in [0, 0.05) is 23.9 Å². The highest BCUT2D eigenvalue weighted by molar-refractivity contribution is 7.13. The summed E-state index contributed by atoms with van der Waals surface area (Å²) in [7, 11) is 0. The minimum atomic E-state index is -0.278. The third-order valence-corrected chi connectivity index (χ3v) is 4.66. The second kappa shape index (κ2) is 8.58. The van der Waals surface area contributed by atoms with Crippen molar-refractivity contribution in [1.29, 1.82) is 0 Å². The van der Waals surface area contributed by atoms with Crippen LogP contribution in [-0.4, -0.2) is 24.0 Å². The zero-order valence-electron chi connectivity index (χ0n) is 14.4. The number of ether oxygens (including phenoxy) is 1. The number of amides is 1. The number of nitrogens with zero attached hydrogens (tertiary/aromatic N) is 1. The average molecular weight is 370 g/mol. The summed E-state index contributed by atoms with van der Waals surface area (Å²) in [5, 5.41) is 5.51. The molecule has 1 aromatic heterocycles. The second-order valence-electron chi connectivity index (χ2n) is 5.86. The van der Waals surface area contributed by atoms with Gasteiger partial charge in [0.15, 0.2) is 6.61 Å². The number of hydrogen-bond acceptors (Lipinski definition) is 4. The number of thiazole rings is 1. The number of carbonyl (C=O) groups is 1. The number of hydrogen-bond donors (Lipinski definition) is 1. The molecule has 0 aliphatic heterocycles. The molecule has 1 amide bonds. The summed E-state index contributed by atoms with van der Waals surface area (Å²) in [6, 6.07) is 13.9. The molecule has 0 bridgehead atoms. The Bertz CT molecular complexity index is 878. The predicted molar refractivity (Wildman–Crippen MR) is 101 cm³/mol. The topological polar surface area (TPSA) is 51.2 Å². The fraction of sp³-hybridized carbons (Fsp3) is 0.200. The van der Waals surface area contributed by atoms with Crippen LogP contribution in [0.5, 0.6) is 5.75 Å². The molecule has 4 nitrogen and oxygen atoms in total. The van der Waals surface area contributed by atoms with Crippen LogP contribution in [0.4, 0.5) is 4.39 Å². The van der Waals surface area contributed by atoms with Crippen molar-refractivity contribution < 1.29 is 13.9 Å². The highest BCUT2D eigenvalue weighted by atomic mass is 32.1. The SMILES string of the molecule is Cc1ccc(OCC(=O)NCCc2csc(-c3cccc(F)c3)n2)cc1. The Morgan fingerprint density at radius 1 is 1.23 bits per heavy atom. The zero-order chi connectivity index (χ0) is 18.4. The van der Waals surface area contributed by atoms with Gasteiger partial charge in [0.1, 0.15) is 16.6 Å². The highest BCUT2D eigenvalue weighted by Crippen LogP contribution is 2.24. The molecule has 134 valence electrons. The molecule has 0 radical (unpaired) electrons. The van der Waals surface area contributed by atoms with E-state index in [1.165, 1.54) is 23.5 Å². The third-order valence-electron chi connectivity index (χ3n) is 3.72. The lowest BCUT2D eigenvalue weighted by atomic mass is 10.2. The fourth-order valence-corrected chi connectivity index (χ4v) is 3.19. The van der Waals surface area contributed by atoms with E-state index in [1.807, 2.05) is 42.6 Å². The van der Waals surface area contributed by atoms with E-state index in [0.29, 0.717) is 18.7 Å². The number of halogens is 1. The lowest BCUT2D eigenvalue weighted by Gasteiger charge is -2.07. The van der Waals surface area contributed by atoms with Crippen molar-refractivity contribution in [3.05, 3.63) is 71.0 Å². The van der Waals surface area contributed by atoms with Gasteiger partial charge in [0.25, 0.3) is 5.91 Å². The molecule has 1 N–H and O–H groups in total. The Labute approximate surface area is 155 Å². The molecule has 0 fully saturated rings. The van der Waals surface area contributed by atoms with Gasteiger partial charge in [-0.25, -0.2) is 9.37 Å². The summed E-state index contributed by atoms with van der Waals surface area (Å²) in [6.07, 6.45) is 0.613. The predicted octanol–water partition coefficient (Wildman–Crippen LogP) is 4.00. The smallest absolute Gasteiger partial charge is 0.257 e. The van der Waals surface area contributed by atoms with Crippen LogP contribution < -0.4 is 10.1 Å². The van der Waals surface area contributed by atoms with Gasteiger partial charge in [-0.2, -0.15) is 0 Å². The molecule has 0 aliphatic carbocycles. The van der Waals surface area contributed by atoms with Gasteiger partial charge in [-0.3, -0.25) is 4.79 Å². The highest BCUT2D eigenvalue weighted by Gasteiger charge is 2.07. The molecule has 0 atom stereocenters. The molecule has 0 aliphatic rings. The average Bonchev–Trinajstić information content (AvgIpc) is 3.10. The van der Waals surface area contributed by atoms with Crippen LogP contribution in [-0.2, 0) is 11.2 Å². The van der Waals surface area contributed by atoms with Crippen molar-refractivity contribution in [2.24, 2.45) is 0 Å². The minimum Gasteiger partial charge on any atom is -0.484 e. The van der Waals surface area contributed by atoms with E-state index in [4.69, 9.17) is 4.74 Å². The van der Waals surface area contributed by atoms with Crippen molar-refractivity contribution in [3.63, 3.8) is 0 Å². The summed E-state index contributed by atoms with van der Waals surface area (Å²) in [6.45, 7) is 2.45. The molecule has 1 heterocycles. The number of carbonyl (C=O) groups excluding carboxylic acids is 1. The number of aromatic nitrogens is 1. The van der Waals surface area contributed by atoms with E-state index in [1.54, 1.807) is 6.07 Å². The number of aryl methyl sites for hydroxylation is 1. The maximum Gasteiger partial charge on any atom is 0.257 e. The lowest BCUT2D eigenvalue weighted by Crippen LogP contribution is -2.30. The number of nitrogens with one attached hydrogen (secondary N) is 1. The van der Waals surface area contributed by atoms with E-state index >= 15 is 0 Å². The normalized spacial score (nSPS) is 10.5. The van der Waals surface area contributed by atoms with Gasteiger partial charge in [-0.05, 0) is 31.2 Å². The van der Waals surface area contributed by atoms with E-state index in [9.17, 15) is 9.18 Å². The van der Waals surface area contributed by atoms with Gasteiger partial charge < -0.3 is 10.1 Å². The Morgan fingerprint density at radius 2 is 2.04 bits per heavy atom. The molecule has 0 saturated heterocycles. The van der Waals surface area contributed by atoms with Crippen LogP contribution in [0.2, 0.25) is 0 Å². The number of rotatable bonds is 7. The summed E-state index contributed by atoms with van der Waals surface area (Å²) < 4.78 is 18.7. The van der Waals surface area contributed by atoms with Gasteiger partial charge >= 0.3 is 0 Å². The van der Waals surface area contributed by atoms with E-state index in [0.717, 1.165) is 21.8 Å². The van der Waals surface area contributed by atoms with Crippen molar-refractivity contribution in [3.8, 4) is 16.3 Å². The largest absolute Gasteiger partial charge is 0.484 e. The third kappa shape index (κ3) is 5.13. The summed E-state index contributed by atoms with van der Waals surface area (Å²) in [4.78, 5) is 16.3. The van der Waals surface area contributed by atoms with Crippen molar-refractivity contribution in [1.82, 2.24) is 10.3 Å². The van der Waals surface area contributed by atoms with Crippen LogP contribution in [0.15, 0.2) is 53.9 Å². The molecular weight excluding hydrogens is 351 g/mol. The quantitative estimate of drug-likeness (QED) is 0.684. The first-order valence-corrected chi connectivity index (χ1v) is 9.14. The van der Waals surface area contributed by atoms with Crippen molar-refractivity contribution >= 4 is 17.2 Å². The summed E-state index contributed by atoms with van der Waals surface area (Å²) in [5.74, 6) is 0.219. The minimum absolute atomic E-state index is 0.0192. The molecule has 6 heteroatoms. The van der Waals surface area contributed by atoms with Crippen LogP contribution >= 0.6 is 11.3 Å². The second-order valence-corrected chi connectivity index (χ2v) is 6.71. The Morgan fingerprint density at radius 3 is 2.81 bits per heavy atom. The Kier molecular flexibility index (Phi) is 5.96. The first kappa shape index (κ1) is 18.1. The van der Waals surface area contributed by atoms with Gasteiger partial charge in [0.05, 0.1) is 5.69 Å². The maximum atomic E-state index is 13.3. The van der Waals surface area contributed by atoms with Crippen LogP contribution in [0, 0.1) is 12.7 Å². The standard InChI is InChI=1S/C20H19FN2O2S/c1-14-5-7-18(8-6-14)25-12-19(24)22-10-9-17-13-26-20(23-17)15-3-2-4-16(21)11-15/h2-8,11,13H,9-10,12H2,1H3,(H,22,24). The lowest BCUT2D eigenvalue weighted by molar-refractivity contribution is -0.123. The molecule has 0 spiro atoms. The molecule has 2 aromatic carbocycles. The van der Waals surface area contributed by atoms with Gasteiger partial charge in [-0.1, -0.05) is 29.8 Å². The number of benzene rings is 2. The summed E-state index contributed by atoms with van der Waals surface area (Å²) >= 11 is 1.46. The first-order chi connectivity index (χ1) is 12.6. The van der Waals surface area contributed by atoms with E-state index < -0.39 is 0 Å². The molecule has 26 heavy (non-hydrogen) atoms. The first-order valence-electron chi connectivity index (χ1n) is 8.27. The molecule has 3 aromatic rings. The molecule has 3 rings (SSSR count). The zero-order valence-corrected chi connectivity index (χ0v) is 15.2. The monoisotopic (exact) mass is 370 g/mol. The summed E-state index contributed by atoms with van der Waals surface area (Å²) in [5.41, 5.74) is 2.77. The Balaban J connectivity index is 1.43.